The third kappa shape index (κ3) is 7.51. The second-order valence-corrected chi connectivity index (χ2v) is 12.7. The number of β-amino-alcohol motifs (C(OH)–C–C–N with tert-alkyl or cyclic N) is 1. The molecule has 11 heteroatoms. The fourth-order valence-corrected chi connectivity index (χ4v) is 6.70. The van der Waals surface area contributed by atoms with Crippen molar-refractivity contribution in [3.63, 3.8) is 0 Å². The van der Waals surface area contributed by atoms with E-state index in [0.717, 1.165) is 28.0 Å². The Morgan fingerprint density at radius 1 is 1.19 bits per heavy atom. The molecule has 0 saturated carbocycles. The number of likely N-dealkylation sites (tertiary alicyclic amines) is 2. The Morgan fingerprint density at radius 3 is 2.42 bits per heavy atom. The molecule has 1 aromatic carbocycles. The van der Waals surface area contributed by atoms with Crippen LogP contribution in [0.1, 0.15) is 57.3 Å². The van der Waals surface area contributed by atoms with Gasteiger partial charge in [0, 0.05) is 38.0 Å². The van der Waals surface area contributed by atoms with Crippen LogP contribution in [0.2, 0.25) is 0 Å². The molecule has 2 fully saturated rings. The molecule has 0 aliphatic carbocycles. The second kappa shape index (κ2) is 14.3. The number of thiazole rings is 1. The van der Waals surface area contributed by atoms with Crippen molar-refractivity contribution < 1.29 is 24.2 Å². The number of ether oxygens (including phenoxy) is 1. The number of hydrogen-bond donors (Lipinski definition) is 3. The number of nitrogens with one attached hydrogen (secondary N) is 2. The number of aryl methyl sites for hydroxylation is 1. The molecule has 232 valence electrons. The summed E-state index contributed by atoms with van der Waals surface area (Å²) in [6.45, 7) is 8.89. The van der Waals surface area contributed by atoms with Crippen LogP contribution in [-0.2, 0) is 19.1 Å². The zero-order chi connectivity index (χ0) is 31.3. The first-order chi connectivity index (χ1) is 20.5. The van der Waals surface area contributed by atoms with E-state index in [1.54, 1.807) is 17.4 Å². The highest BCUT2D eigenvalue weighted by Crippen LogP contribution is 2.31. The molecule has 2 aromatic rings. The van der Waals surface area contributed by atoms with E-state index in [2.05, 4.69) is 10.3 Å². The van der Waals surface area contributed by atoms with Gasteiger partial charge in [-0.05, 0) is 43.7 Å². The lowest BCUT2D eigenvalue weighted by molar-refractivity contribution is -0.143. The molecule has 3 heterocycles. The Morgan fingerprint density at radius 2 is 1.86 bits per heavy atom. The molecular weight excluding hydrogens is 566 g/mol. The van der Waals surface area contributed by atoms with Crippen LogP contribution in [-0.4, -0.2) is 82.7 Å². The fourth-order valence-electron chi connectivity index (χ4n) is 5.89. The SMILES string of the molecule is CO/C(=C\C(=N)N1CCC(C=O)CC1)C(C(=O)N1C[C@H](O)C[C@H]1C(=O)N[C@@H](C)c1ccc(-c2scnc2C)cc1)C(C)C. The zero-order valence-electron chi connectivity index (χ0n) is 25.6. The van der Waals surface area contributed by atoms with Gasteiger partial charge in [-0.15, -0.1) is 11.3 Å². The van der Waals surface area contributed by atoms with Crippen LogP contribution in [0.4, 0.5) is 0 Å². The number of aliphatic hydroxyl groups is 1. The summed E-state index contributed by atoms with van der Waals surface area (Å²) in [6, 6.07) is 6.85. The highest BCUT2D eigenvalue weighted by atomic mass is 32.1. The van der Waals surface area contributed by atoms with Crippen molar-refractivity contribution in [3.8, 4) is 10.4 Å². The van der Waals surface area contributed by atoms with Gasteiger partial charge in [0.1, 0.15) is 23.9 Å². The summed E-state index contributed by atoms with van der Waals surface area (Å²) in [6.07, 6.45) is 3.24. The topological polar surface area (TPSA) is 136 Å². The minimum atomic E-state index is -0.828. The molecule has 2 saturated heterocycles. The normalized spacial score (nSPS) is 21.0. The Labute approximate surface area is 257 Å². The van der Waals surface area contributed by atoms with E-state index in [-0.39, 0.29) is 48.5 Å². The quantitative estimate of drug-likeness (QED) is 0.161. The number of amidine groups is 1. The smallest absolute Gasteiger partial charge is 0.243 e. The van der Waals surface area contributed by atoms with Crippen molar-refractivity contribution in [2.24, 2.45) is 17.8 Å². The van der Waals surface area contributed by atoms with E-state index in [0.29, 0.717) is 31.7 Å². The number of aldehydes is 1. The van der Waals surface area contributed by atoms with Gasteiger partial charge < -0.3 is 29.8 Å². The van der Waals surface area contributed by atoms with Gasteiger partial charge in [0.25, 0.3) is 0 Å². The fraction of sp³-hybridized carbons (Fsp3) is 0.531. The summed E-state index contributed by atoms with van der Waals surface area (Å²) in [5.74, 6) is -0.986. The maximum Gasteiger partial charge on any atom is 0.243 e. The third-order valence-electron chi connectivity index (χ3n) is 8.47. The summed E-state index contributed by atoms with van der Waals surface area (Å²) in [7, 11) is 1.48. The maximum absolute atomic E-state index is 14.0. The summed E-state index contributed by atoms with van der Waals surface area (Å²) in [4.78, 5) is 47.4. The molecule has 0 bridgehead atoms. The molecule has 0 radical (unpaired) electrons. The average Bonchev–Trinajstić information content (AvgIpc) is 3.61. The first-order valence-electron chi connectivity index (χ1n) is 14.9. The number of methoxy groups -OCH3 is 1. The number of benzene rings is 1. The molecular formula is C32H43N5O5S. The standard InChI is InChI=1S/C32H43N5O5S/c1-19(2)29(27(42-5)15-28(33)36-12-10-22(17-38)11-13-36)32(41)37-16-25(39)14-26(37)31(40)35-20(3)23-6-8-24(9-7-23)30-21(4)34-18-43-30/h6-9,15,17-20,22,25-26,29,33,39H,10-14,16H2,1-5H3,(H,35,40)/b27-15-,33-28?/t20-,25+,26-,29?/m0/s1. The number of aliphatic hydroxyl groups excluding tert-OH is 1. The number of piperidine rings is 1. The Hall–Kier alpha value is -3.57. The monoisotopic (exact) mass is 609 g/mol. The average molecular weight is 610 g/mol. The lowest BCUT2D eigenvalue weighted by Gasteiger charge is -2.33. The predicted molar refractivity (Wildman–Crippen MR) is 166 cm³/mol. The molecule has 2 aliphatic rings. The number of carbonyl (C=O) groups is 3. The van der Waals surface area contributed by atoms with Gasteiger partial charge in [-0.3, -0.25) is 15.0 Å². The Balaban J connectivity index is 1.46. The number of carbonyl (C=O) groups excluding carboxylic acids is 3. The van der Waals surface area contributed by atoms with Crippen LogP contribution in [0.3, 0.4) is 0 Å². The summed E-state index contributed by atoms with van der Waals surface area (Å²) >= 11 is 1.59. The number of rotatable bonds is 10. The second-order valence-electron chi connectivity index (χ2n) is 11.8. The number of amides is 2. The van der Waals surface area contributed by atoms with E-state index >= 15 is 0 Å². The maximum atomic E-state index is 14.0. The zero-order valence-corrected chi connectivity index (χ0v) is 26.4. The number of nitrogens with zero attached hydrogens (tertiary/aromatic N) is 3. The van der Waals surface area contributed by atoms with E-state index in [1.165, 1.54) is 12.0 Å². The van der Waals surface area contributed by atoms with Crippen molar-refractivity contribution in [2.45, 2.75) is 65.1 Å². The number of aromatic nitrogens is 1. The van der Waals surface area contributed by atoms with Gasteiger partial charge in [0.05, 0.1) is 41.3 Å². The highest BCUT2D eigenvalue weighted by Gasteiger charge is 2.43. The molecule has 1 unspecified atom stereocenters. The minimum Gasteiger partial charge on any atom is -0.500 e. The molecule has 0 spiro atoms. The first kappa shape index (κ1) is 32.3. The van der Waals surface area contributed by atoms with Crippen molar-refractivity contribution >= 4 is 35.3 Å². The van der Waals surface area contributed by atoms with Gasteiger partial charge in [-0.25, -0.2) is 4.98 Å². The Kier molecular flexibility index (Phi) is 10.7. The van der Waals surface area contributed by atoms with Crippen molar-refractivity contribution in [2.75, 3.05) is 26.7 Å². The molecule has 2 aliphatic heterocycles. The van der Waals surface area contributed by atoms with E-state index in [4.69, 9.17) is 10.1 Å². The molecule has 1 aromatic heterocycles. The van der Waals surface area contributed by atoms with Crippen LogP contribution in [0.25, 0.3) is 10.4 Å². The minimum absolute atomic E-state index is 0.0136. The van der Waals surface area contributed by atoms with Crippen LogP contribution in [0.5, 0.6) is 0 Å². The third-order valence-corrected chi connectivity index (χ3v) is 9.45. The van der Waals surface area contributed by atoms with Crippen LogP contribution >= 0.6 is 11.3 Å². The van der Waals surface area contributed by atoms with Gasteiger partial charge in [-0.1, -0.05) is 38.1 Å². The van der Waals surface area contributed by atoms with Gasteiger partial charge in [0.2, 0.25) is 11.8 Å². The van der Waals surface area contributed by atoms with Gasteiger partial charge >= 0.3 is 0 Å². The first-order valence-corrected chi connectivity index (χ1v) is 15.8. The van der Waals surface area contributed by atoms with E-state index < -0.39 is 18.1 Å². The molecule has 4 atom stereocenters. The van der Waals surface area contributed by atoms with Crippen LogP contribution < -0.4 is 5.32 Å². The van der Waals surface area contributed by atoms with Crippen molar-refractivity contribution in [1.29, 1.82) is 5.41 Å². The van der Waals surface area contributed by atoms with Gasteiger partial charge in [-0.2, -0.15) is 0 Å². The number of hydrogen-bond acceptors (Lipinski definition) is 8. The van der Waals surface area contributed by atoms with Crippen molar-refractivity contribution in [1.82, 2.24) is 20.1 Å². The lowest BCUT2D eigenvalue weighted by atomic mass is 9.91. The predicted octanol–water partition coefficient (Wildman–Crippen LogP) is 3.95. The molecule has 4 rings (SSSR count). The molecule has 10 nitrogen and oxygen atoms in total. The van der Waals surface area contributed by atoms with E-state index in [9.17, 15) is 19.5 Å². The van der Waals surface area contributed by atoms with Crippen LogP contribution in [0.15, 0.2) is 41.6 Å². The highest BCUT2D eigenvalue weighted by molar-refractivity contribution is 7.13. The molecule has 43 heavy (non-hydrogen) atoms. The van der Waals surface area contributed by atoms with Crippen molar-refractivity contribution in [3.05, 3.63) is 52.9 Å². The molecule has 3 N–H and O–H groups in total. The largest absolute Gasteiger partial charge is 0.500 e. The summed E-state index contributed by atoms with van der Waals surface area (Å²) in [5, 5.41) is 22.2. The lowest BCUT2D eigenvalue weighted by Crippen LogP contribution is -2.49. The molecule has 2 amide bonds. The summed E-state index contributed by atoms with van der Waals surface area (Å²) < 4.78 is 5.67. The Bertz CT molecular complexity index is 1330. The summed E-state index contributed by atoms with van der Waals surface area (Å²) in [5.41, 5.74) is 4.80. The van der Waals surface area contributed by atoms with Crippen LogP contribution in [0, 0.1) is 30.1 Å². The van der Waals surface area contributed by atoms with E-state index in [1.807, 2.05) is 62.4 Å². The van der Waals surface area contributed by atoms with Gasteiger partial charge in [0.15, 0.2) is 0 Å².